The maximum Gasteiger partial charge on any atom is 0.257 e. The number of carbonyl (C=O) groups is 1. The Bertz CT molecular complexity index is 1150. The Morgan fingerprint density at radius 3 is 2.43 bits per heavy atom. The van der Waals surface area contributed by atoms with Crippen LogP contribution in [-0.2, 0) is 6.54 Å². The minimum absolute atomic E-state index is 0.200. The van der Waals surface area contributed by atoms with Gasteiger partial charge in [-0.1, -0.05) is 41.1 Å². The van der Waals surface area contributed by atoms with Crippen LogP contribution in [0.5, 0.6) is 0 Å². The van der Waals surface area contributed by atoms with Gasteiger partial charge in [0.2, 0.25) is 0 Å². The monoisotopic (exact) mass is 374 g/mol. The van der Waals surface area contributed by atoms with E-state index < -0.39 is 0 Å². The van der Waals surface area contributed by atoms with Crippen LogP contribution in [0, 0.1) is 27.7 Å². The number of nitrogens with zero attached hydrogens (tertiary/aromatic N) is 3. The molecule has 3 aromatic heterocycles. The van der Waals surface area contributed by atoms with Gasteiger partial charge < -0.3 is 14.2 Å². The van der Waals surface area contributed by atoms with Crippen LogP contribution in [0.25, 0.3) is 16.9 Å². The van der Waals surface area contributed by atoms with Crippen molar-refractivity contribution in [3.63, 3.8) is 0 Å². The van der Waals surface area contributed by atoms with Crippen LogP contribution in [0.2, 0.25) is 0 Å². The lowest BCUT2D eigenvalue weighted by Crippen LogP contribution is -2.24. The highest BCUT2D eigenvalue weighted by molar-refractivity contribution is 5.96. The summed E-state index contributed by atoms with van der Waals surface area (Å²) in [5.74, 6) is 0.316. The molecule has 0 bridgehead atoms. The predicted octanol–water partition coefficient (Wildman–Crippen LogP) is 4.15. The Labute approximate surface area is 163 Å². The molecule has 0 atom stereocenters. The standard InChI is InChI=1S/C22H22N4O2/c1-13-5-8-17(9-6-13)21-18(26-12-14(2)7-10-19(26)24-21)11-23-22(27)20-15(3)25-28-16(20)4/h5-10,12H,11H2,1-4H3,(H,23,27). The van der Waals surface area contributed by atoms with Gasteiger partial charge >= 0.3 is 0 Å². The number of aryl methyl sites for hydroxylation is 4. The predicted molar refractivity (Wildman–Crippen MR) is 107 cm³/mol. The van der Waals surface area contributed by atoms with E-state index in [-0.39, 0.29) is 5.91 Å². The number of imidazole rings is 1. The zero-order valence-electron chi connectivity index (χ0n) is 16.4. The summed E-state index contributed by atoms with van der Waals surface area (Å²) in [5.41, 5.74) is 7.06. The number of rotatable bonds is 4. The molecule has 0 radical (unpaired) electrons. The average Bonchev–Trinajstić information content (AvgIpc) is 3.20. The Morgan fingerprint density at radius 2 is 1.75 bits per heavy atom. The van der Waals surface area contributed by atoms with Crippen LogP contribution >= 0.6 is 0 Å². The molecule has 142 valence electrons. The minimum Gasteiger partial charge on any atom is -0.361 e. The van der Waals surface area contributed by atoms with E-state index in [9.17, 15) is 4.79 Å². The SMILES string of the molecule is Cc1ccc(-c2nc3ccc(C)cn3c2CNC(=O)c2c(C)noc2C)cc1. The van der Waals surface area contributed by atoms with E-state index in [1.807, 2.05) is 29.7 Å². The summed E-state index contributed by atoms with van der Waals surface area (Å²) in [4.78, 5) is 17.5. The Hall–Kier alpha value is -3.41. The minimum atomic E-state index is -0.200. The van der Waals surface area contributed by atoms with Gasteiger partial charge in [-0.05, 0) is 39.3 Å². The Balaban J connectivity index is 1.74. The summed E-state index contributed by atoms with van der Waals surface area (Å²) in [5, 5.41) is 6.87. The maximum absolute atomic E-state index is 12.7. The second kappa shape index (κ2) is 6.96. The molecule has 0 aliphatic carbocycles. The van der Waals surface area contributed by atoms with Gasteiger partial charge in [-0.15, -0.1) is 0 Å². The molecule has 4 rings (SSSR count). The summed E-state index contributed by atoms with van der Waals surface area (Å²) < 4.78 is 7.16. The van der Waals surface area contributed by atoms with Crippen molar-refractivity contribution in [3.8, 4) is 11.3 Å². The third-order valence-electron chi connectivity index (χ3n) is 4.87. The fourth-order valence-electron chi connectivity index (χ4n) is 3.37. The van der Waals surface area contributed by atoms with Gasteiger partial charge in [0.25, 0.3) is 5.91 Å². The highest BCUT2D eigenvalue weighted by Crippen LogP contribution is 2.25. The number of carbonyl (C=O) groups excluding carboxylic acids is 1. The highest BCUT2D eigenvalue weighted by atomic mass is 16.5. The first-order chi connectivity index (χ1) is 13.4. The normalized spacial score (nSPS) is 11.1. The molecule has 0 aliphatic rings. The molecule has 1 amide bonds. The molecule has 1 aromatic carbocycles. The van der Waals surface area contributed by atoms with Crippen LogP contribution in [-0.4, -0.2) is 20.4 Å². The van der Waals surface area contributed by atoms with Crippen molar-refractivity contribution in [3.05, 3.63) is 76.4 Å². The first kappa shape index (κ1) is 18.0. The average molecular weight is 374 g/mol. The van der Waals surface area contributed by atoms with Gasteiger partial charge in [0, 0.05) is 11.8 Å². The van der Waals surface area contributed by atoms with Gasteiger partial charge in [0.1, 0.15) is 17.0 Å². The number of aromatic nitrogens is 3. The van der Waals surface area contributed by atoms with Crippen LogP contribution < -0.4 is 5.32 Å². The summed E-state index contributed by atoms with van der Waals surface area (Å²) in [6.45, 7) is 7.94. The van der Waals surface area contributed by atoms with Gasteiger partial charge in [-0.2, -0.15) is 0 Å². The summed E-state index contributed by atoms with van der Waals surface area (Å²) in [6.07, 6.45) is 2.04. The lowest BCUT2D eigenvalue weighted by molar-refractivity contribution is 0.0948. The van der Waals surface area contributed by atoms with Crippen molar-refractivity contribution in [1.82, 2.24) is 19.9 Å². The van der Waals surface area contributed by atoms with Crippen molar-refractivity contribution in [2.24, 2.45) is 0 Å². The number of hydrogen-bond acceptors (Lipinski definition) is 4. The topological polar surface area (TPSA) is 72.4 Å². The van der Waals surface area contributed by atoms with Crippen molar-refractivity contribution >= 4 is 11.6 Å². The number of amides is 1. The number of fused-ring (bicyclic) bond motifs is 1. The third-order valence-corrected chi connectivity index (χ3v) is 4.87. The van der Waals surface area contributed by atoms with E-state index in [1.54, 1.807) is 13.8 Å². The summed E-state index contributed by atoms with van der Waals surface area (Å²) in [6, 6.07) is 12.3. The molecule has 0 unspecified atom stereocenters. The van der Waals surface area contributed by atoms with E-state index in [0.29, 0.717) is 23.6 Å². The number of nitrogens with one attached hydrogen (secondary N) is 1. The van der Waals surface area contributed by atoms with E-state index in [1.165, 1.54) is 5.56 Å². The van der Waals surface area contributed by atoms with Gasteiger partial charge in [-0.3, -0.25) is 4.79 Å². The zero-order valence-corrected chi connectivity index (χ0v) is 16.4. The zero-order chi connectivity index (χ0) is 19.8. The van der Waals surface area contributed by atoms with Crippen LogP contribution in [0.4, 0.5) is 0 Å². The first-order valence-corrected chi connectivity index (χ1v) is 9.19. The molecule has 6 nitrogen and oxygen atoms in total. The lowest BCUT2D eigenvalue weighted by Gasteiger charge is -2.08. The summed E-state index contributed by atoms with van der Waals surface area (Å²) in [7, 11) is 0. The molecule has 0 fully saturated rings. The van der Waals surface area contributed by atoms with Gasteiger partial charge in [-0.25, -0.2) is 4.98 Å². The van der Waals surface area contributed by atoms with E-state index >= 15 is 0 Å². The van der Waals surface area contributed by atoms with Crippen LogP contribution in [0.1, 0.15) is 38.6 Å². The van der Waals surface area contributed by atoms with Gasteiger partial charge in [0.15, 0.2) is 0 Å². The maximum atomic E-state index is 12.7. The highest BCUT2D eigenvalue weighted by Gasteiger charge is 2.19. The molecule has 0 saturated carbocycles. The van der Waals surface area contributed by atoms with Crippen LogP contribution in [0.3, 0.4) is 0 Å². The second-order valence-electron chi connectivity index (χ2n) is 7.09. The quantitative estimate of drug-likeness (QED) is 0.582. The molecule has 6 heteroatoms. The number of hydrogen-bond donors (Lipinski definition) is 1. The summed E-state index contributed by atoms with van der Waals surface area (Å²) >= 11 is 0. The molecular weight excluding hydrogens is 352 g/mol. The van der Waals surface area contributed by atoms with Crippen molar-refractivity contribution in [2.45, 2.75) is 34.2 Å². The lowest BCUT2D eigenvalue weighted by atomic mass is 10.1. The molecule has 0 saturated heterocycles. The second-order valence-corrected chi connectivity index (χ2v) is 7.09. The first-order valence-electron chi connectivity index (χ1n) is 9.19. The molecule has 3 heterocycles. The fourth-order valence-corrected chi connectivity index (χ4v) is 3.37. The fraction of sp³-hybridized carbons (Fsp3) is 0.227. The van der Waals surface area contributed by atoms with Crippen molar-refractivity contribution in [2.75, 3.05) is 0 Å². The van der Waals surface area contributed by atoms with E-state index in [0.717, 1.165) is 28.2 Å². The molecule has 0 spiro atoms. The molecule has 4 aromatic rings. The van der Waals surface area contributed by atoms with Gasteiger partial charge in [0.05, 0.1) is 23.6 Å². The largest absolute Gasteiger partial charge is 0.361 e. The Kier molecular flexibility index (Phi) is 4.47. The smallest absolute Gasteiger partial charge is 0.257 e. The third kappa shape index (κ3) is 3.17. The van der Waals surface area contributed by atoms with Crippen molar-refractivity contribution in [1.29, 1.82) is 0 Å². The molecular formula is C22H22N4O2. The van der Waals surface area contributed by atoms with E-state index in [4.69, 9.17) is 9.51 Å². The van der Waals surface area contributed by atoms with Crippen LogP contribution in [0.15, 0.2) is 47.1 Å². The number of pyridine rings is 1. The van der Waals surface area contributed by atoms with E-state index in [2.05, 4.69) is 41.7 Å². The van der Waals surface area contributed by atoms with Crippen molar-refractivity contribution < 1.29 is 9.32 Å². The Morgan fingerprint density at radius 1 is 1.04 bits per heavy atom. The molecule has 0 aliphatic heterocycles. The number of benzene rings is 1. The molecule has 28 heavy (non-hydrogen) atoms. The molecule has 1 N–H and O–H groups in total.